The molecule has 122 valence electrons. The Hall–Kier alpha value is -2.95. The Bertz CT molecular complexity index is 990. The van der Waals surface area contributed by atoms with Crippen LogP contribution in [-0.4, -0.2) is 22.5 Å². The normalized spacial score (nSPS) is 10.8. The lowest BCUT2D eigenvalue weighted by Gasteiger charge is -2.07. The molecule has 0 unspecified atom stereocenters. The number of aromatic amines is 1. The van der Waals surface area contributed by atoms with Gasteiger partial charge in [-0.25, -0.2) is 9.78 Å². The van der Waals surface area contributed by atoms with Crippen LogP contribution in [0, 0.1) is 13.8 Å². The summed E-state index contributed by atoms with van der Waals surface area (Å²) in [4.78, 5) is 31.1. The molecule has 0 radical (unpaired) electrons. The first kappa shape index (κ1) is 15.9. The fourth-order valence-corrected chi connectivity index (χ4v) is 2.50. The number of fused-ring (bicyclic) bond motifs is 1. The maximum atomic E-state index is 12.1. The van der Waals surface area contributed by atoms with Crippen LogP contribution >= 0.6 is 0 Å². The van der Waals surface area contributed by atoms with Crippen molar-refractivity contribution < 1.29 is 9.53 Å². The number of nitrogens with one attached hydrogen (secondary N) is 1. The van der Waals surface area contributed by atoms with Crippen LogP contribution in [0.2, 0.25) is 0 Å². The van der Waals surface area contributed by atoms with Crippen LogP contribution in [0.3, 0.4) is 0 Å². The molecule has 0 fully saturated rings. The maximum absolute atomic E-state index is 12.1. The second-order valence-corrected chi connectivity index (χ2v) is 5.67. The Morgan fingerprint density at radius 3 is 2.62 bits per heavy atom. The zero-order chi connectivity index (χ0) is 17.3. The minimum Gasteiger partial charge on any atom is -0.462 e. The predicted molar refractivity (Wildman–Crippen MR) is 93.2 cm³/mol. The van der Waals surface area contributed by atoms with Gasteiger partial charge in [0.05, 0.1) is 12.3 Å². The molecule has 5 heteroatoms. The summed E-state index contributed by atoms with van der Waals surface area (Å²) < 4.78 is 4.90. The SMILES string of the molecule is CCOC(=O)c1cc2ccc(-c3ccc(C)c(C)c3)nc2[nH]c1=O. The van der Waals surface area contributed by atoms with Crippen LogP contribution in [0.5, 0.6) is 0 Å². The van der Waals surface area contributed by atoms with E-state index in [1.807, 2.05) is 31.2 Å². The number of rotatable bonds is 3. The molecule has 24 heavy (non-hydrogen) atoms. The highest BCUT2D eigenvalue weighted by Gasteiger charge is 2.13. The van der Waals surface area contributed by atoms with E-state index in [0.717, 1.165) is 11.3 Å². The first-order chi connectivity index (χ1) is 11.5. The Balaban J connectivity index is 2.09. The standard InChI is InChI=1S/C19H18N2O3/c1-4-24-19(23)15-10-14-7-8-16(20-17(14)21-18(15)22)13-6-5-11(2)12(3)9-13/h5-10H,4H2,1-3H3,(H,20,21,22). The van der Waals surface area contributed by atoms with Crippen molar-refractivity contribution in [2.24, 2.45) is 0 Å². The highest BCUT2D eigenvalue weighted by Crippen LogP contribution is 2.22. The summed E-state index contributed by atoms with van der Waals surface area (Å²) in [6, 6.07) is 11.3. The van der Waals surface area contributed by atoms with Gasteiger partial charge >= 0.3 is 5.97 Å². The van der Waals surface area contributed by atoms with Gasteiger partial charge in [-0.2, -0.15) is 0 Å². The van der Waals surface area contributed by atoms with E-state index in [0.29, 0.717) is 11.0 Å². The fourth-order valence-electron chi connectivity index (χ4n) is 2.50. The number of ether oxygens (including phenoxy) is 1. The van der Waals surface area contributed by atoms with Gasteiger partial charge in [0.2, 0.25) is 0 Å². The summed E-state index contributed by atoms with van der Waals surface area (Å²) >= 11 is 0. The molecular formula is C19H18N2O3. The number of benzene rings is 1. The number of aromatic nitrogens is 2. The molecule has 0 aliphatic rings. The number of hydrogen-bond donors (Lipinski definition) is 1. The molecule has 1 N–H and O–H groups in total. The van der Waals surface area contributed by atoms with Gasteiger partial charge in [0.25, 0.3) is 5.56 Å². The van der Waals surface area contributed by atoms with E-state index in [-0.39, 0.29) is 12.2 Å². The molecule has 0 saturated heterocycles. The summed E-state index contributed by atoms with van der Waals surface area (Å²) in [7, 11) is 0. The van der Waals surface area contributed by atoms with Gasteiger partial charge in [0, 0.05) is 10.9 Å². The minimum atomic E-state index is -0.626. The number of pyridine rings is 2. The number of carbonyl (C=O) groups is 1. The quantitative estimate of drug-likeness (QED) is 0.750. The second-order valence-electron chi connectivity index (χ2n) is 5.67. The highest BCUT2D eigenvalue weighted by atomic mass is 16.5. The second kappa shape index (κ2) is 6.28. The van der Waals surface area contributed by atoms with Crippen molar-refractivity contribution >= 4 is 17.0 Å². The third-order valence-corrected chi connectivity index (χ3v) is 4.00. The number of hydrogen-bond acceptors (Lipinski definition) is 4. The average molecular weight is 322 g/mol. The van der Waals surface area contributed by atoms with Gasteiger partial charge in [-0.15, -0.1) is 0 Å². The lowest BCUT2D eigenvalue weighted by atomic mass is 10.0. The van der Waals surface area contributed by atoms with Crippen LogP contribution in [-0.2, 0) is 4.74 Å². The number of nitrogens with zero attached hydrogens (tertiary/aromatic N) is 1. The maximum Gasteiger partial charge on any atom is 0.343 e. The molecule has 0 amide bonds. The lowest BCUT2D eigenvalue weighted by Crippen LogP contribution is -2.19. The van der Waals surface area contributed by atoms with Crippen molar-refractivity contribution in [1.82, 2.24) is 9.97 Å². The third-order valence-electron chi connectivity index (χ3n) is 4.00. The van der Waals surface area contributed by atoms with E-state index < -0.39 is 11.5 Å². The van der Waals surface area contributed by atoms with Crippen molar-refractivity contribution in [2.75, 3.05) is 6.61 Å². The van der Waals surface area contributed by atoms with Gasteiger partial charge in [-0.1, -0.05) is 12.1 Å². The molecular weight excluding hydrogens is 304 g/mol. The minimum absolute atomic E-state index is 0.00918. The molecule has 3 aromatic rings. The van der Waals surface area contributed by atoms with E-state index in [4.69, 9.17) is 4.74 Å². The summed E-state index contributed by atoms with van der Waals surface area (Å²) in [6.45, 7) is 6.03. The van der Waals surface area contributed by atoms with Crippen molar-refractivity contribution in [3.63, 3.8) is 0 Å². The van der Waals surface area contributed by atoms with Crippen LogP contribution in [0.15, 0.2) is 41.2 Å². The Kier molecular flexibility index (Phi) is 4.16. The summed E-state index contributed by atoms with van der Waals surface area (Å²) in [5.74, 6) is -0.626. The first-order valence-corrected chi connectivity index (χ1v) is 7.78. The van der Waals surface area contributed by atoms with E-state index in [9.17, 15) is 9.59 Å². The zero-order valence-electron chi connectivity index (χ0n) is 13.8. The predicted octanol–water partition coefficient (Wildman–Crippen LogP) is 3.38. The topological polar surface area (TPSA) is 72.0 Å². The van der Waals surface area contributed by atoms with Gasteiger partial charge in [-0.3, -0.25) is 4.79 Å². The zero-order valence-corrected chi connectivity index (χ0v) is 13.8. The van der Waals surface area contributed by atoms with Crippen LogP contribution in [0.1, 0.15) is 28.4 Å². The Labute approximate surface area is 139 Å². The Morgan fingerprint density at radius 2 is 1.92 bits per heavy atom. The molecule has 0 atom stereocenters. The number of aryl methyl sites for hydroxylation is 2. The van der Waals surface area contributed by atoms with Gasteiger partial charge < -0.3 is 9.72 Å². The Morgan fingerprint density at radius 1 is 1.12 bits per heavy atom. The molecule has 5 nitrogen and oxygen atoms in total. The molecule has 0 aliphatic heterocycles. The molecule has 0 saturated carbocycles. The van der Waals surface area contributed by atoms with E-state index >= 15 is 0 Å². The smallest absolute Gasteiger partial charge is 0.343 e. The molecule has 2 aromatic heterocycles. The average Bonchev–Trinajstić information content (AvgIpc) is 2.56. The molecule has 0 bridgehead atoms. The molecule has 3 rings (SSSR count). The van der Waals surface area contributed by atoms with Crippen molar-refractivity contribution in [1.29, 1.82) is 0 Å². The highest BCUT2D eigenvalue weighted by molar-refractivity contribution is 5.93. The summed E-state index contributed by atoms with van der Waals surface area (Å²) in [5, 5.41) is 0.685. The largest absolute Gasteiger partial charge is 0.462 e. The van der Waals surface area contributed by atoms with Crippen LogP contribution < -0.4 is 5.56 Å². The van der Waals surface area contributed by atoms with E-state index in [1.54, 1.807) is 6.92 Å². The van der Waals surface area contributed by atoms with Crippen LogP contribution in [0.25, 0.3) is 22.3 Å². The molecule has 1 aromatic carbocycles. The summed E-state index contributed by atoms with van der Waals surface area (Å²) in [5.41, 5.74) is 4.09. The molecule has 2 heterocycles. The van der Waals surface area contributed by atoms with Crippen molar-refractivity contribution in [3.05, 3.63) is 63.4 Å². The molecule has 0 aliphatic carbocycles. The van der Waals surface area contributed by atoms with Gasteiger partial charge in [0.1, 0.15) is 11.2 Å². The van der Waals surface area contributed by atoms with E-state index in [1.165, 1.54) is 17.2 Å². The van der Waals surface area contributed by atoms with E-state index in [2.05, 4.69) is 23.0 Å². The lowest BCUT2D eigenvalue weighted by molar-refractivity contribution is 0.0524. The first-order valence-electron chi connectivity index (χ1n) is 7.78. The third kappa shape index (κ3) is 2.93. The molecule has 0 spiro atoms. The number of esters is 1. The summed E-state index contributed by atoms with van der Waals surface area (Å²) in [6.07, 6.45) is 0. The monoisotopic (exact) mass is 322 g/mol. The van der Waals surface area contributed by atoms with Crippen LogP contribution in [0.4, 0.5) is 0 Å². The fraction of sp³-hybridized carbons (Fsp3) is 0.211. The van der Waals surface area contributed by atoms with Gasteiger partial charge in [-0.05, 0) is 56.2 Å². The van der Waals surface area contributed by atoms with Gasteiger partial charge in [0.15, 0.2) is 0 Å². The number of carbonyl (C=O) groups excluding carboxylic acids is 1. The number of H-pyrrole nitrogens is 1. The van der Waals surface area contributed by atoms with Crippen molar-refractivity contribution in [2.45, 2.75) is 20.8 Å². The van der Waals surface area contributed by atoms with Crippen molar-refractivity contribution in [3.8, 4) is 11.3 Å².